The fraction of sp³-hybridized carbons (Fsp3) is 0.320. The van der Waals surface area contributed by atoms with Gasteiger partial charge in [0, 0.05) is 48.5 Å². The number of nitrogens with zero attached hydrogens (tertiary/aromatic N) is 6. The van der Waals surface area contributed by atoms with Gasteiger partial charge in [-0.3, -0.25) is 4.57 Å². The van der Waals surface area contributed by atoms with Crippen molar-refractivity contribution in [2.75, 3.05) is 43.4 Å². The number of imidazole rings is 1. The molecule has 1 saturated heterocycles. The Morgan fingerprint density at radius 1 is 0.941 bits per heavy atom. The fourth-order valence-electron chi connectivity index (χ4n) is 4.13. The number of aromatic nitrogens is 4. The van der Waals surface area contributed by atoms with Gasteiger partial charge in [0.2, 0.25) is 11.1 Å². The summed E-state index contributed by atoms with van der Waals surface area (Å²) in [6, 6.07) is 17.8. The van der Waals surface area contributed by atoms with E-state index in [-0.39, 0.29) is 6.04 Å². The van der Waals surface area contributed by atoms with Crippen LogP contribution in [0.5, 0.6) is 0 Å². The minimum Gasteiger partial charge on any atom is -0.369 e. The SMILES string of the molecule is CC(C)n1c(S(=O)c2ccccc2)nc2cnc(Nc3ccc(N4CCN(C)CC4)cc3)nc21. The first kappa shape index (κ1) is 22.5. The molecule has 0 amide bonds. The molecule has 1 atom stereocenters. The average Bonchev–Trinajstić information content (AvgIpc) is 3.24. The predicted molar refractivity (Wildman–Crippen MR) is 136 cm³/mol. The van der Waals surface area contributed by atoms with Gasteiger partial charge in [-0.2, -0.15) is 4.98 Å². The number of likely N-dealkylation sites (N-methyl/N-ethyl adjacent to an activating group) is 1. The Morgan fingerprint density at radius 2 is 1.65 bits per heavy atom. The first-order valence-electron chi connectivity index (χ1n) is 11.5. The molecule has 5 rings (SSSR count). The lowest BCUT2D eigenvalue weighted by Gasteiger charge is -2.34. The normalized spacial score (nSPS) is 15.7. The van der Waals surface area contributed by atoms with Crippen molar-refractivity contribution in [2.45, 2.75) is 29.9 Å². The molecule has 0 spiro atoms. The van der Waals surface area contributed by atoms with Gasteiger partial charge < -0.3 is 15.1 Å². The topological polar surface area (TPSA) is 79.2 Å². The quantitative estimate of drug-likeness (QED) is 0.450. The summed E-state index contributed by atoms with van der Waals surface area (Å²) in [7, 11) is 0.754. The van der Waals surface area contributed by atoms with E-state index in [0.717, 1.165) is 31.9 Å². The van der Waals surface area contributed by atoms with Crippen LogP contribution in [0.4, 0.5) is 17.3 Å². The third kappa shape index (κ3) is 4.53. The Balaban J connectivity index is 1.40. The zero-order valence-electron chi connectivity index (χ0n) is 19.7. The number of hydrogen-bond donors (Lipinski definition) is 1. The van der Waals surface area contributed by atoms with Crippen LogP contribution in [0.2, 0.25) is 0 Å². The Bertz CT molecular complexity index is 1300. The lowest BCUT2D eigenvalue weighted by Crippen LogP contribution is -2.44. The van der Waals surface area contributed by atoms with E-state index < -0.39 is 10.8 Å². The van der Waals surface area contributed by atoms with Gasteiger partial charge in [0.1, 0.15) is 16.3 Å². The molecule has 0 bridgehead atoms. The molecule has 1 aliphatic heterocycles. The van der Waals surface area contributed by atoms with E-state index in [2.05, 4.69) is 56.4 Å². The minimum absolute atomic E-state index is 0.0401. The molecule has 0 saturated carbocycles. The van der Waals surface area contributed by atoms with E-state index in [1.807, 2.05) is 48.7 Å². The van der Waals surface area contributed by atoms with Gasteiger partial charge in [-0.1, -0.05) is 18.2 Å². The van der Waals surface area contributed by atoms with Crippen molar-refractivity contribution in [2.24, 2.45) is 0 Å². The number of piperazine rings is 1. The lowest BCUT2D eigenvalue weighted by atomic mass is 10.2. The molecule has 0 aliphatic carbocycles. The molecule has 1 N–H and O–H groups in total. The summed E-state index contributed by atoms with van der Waals surface area (Å²) >= 11 is 0. The summed E-state index contributed by atoms with van der Waals surface area (Å²) in [5, 5.41) is 3.79. The zero-order chi connectivity index (χ0) is 23.7. The van der Waals surface area contributed by atoms with Crippen molar-refractivity contribution >= 4 is 39.3 Å². The number of rotatable bonds is 6. The highest BCUT2D eigenvalue weighted by atomic mass is 32.2. The summed E-state index contributed by atoms with van der Waals surface area (Å²) in [6.45, 7) is 8.31. The molecular weight excluding hydrogens is 446 g/mol. The Labute approximate surface area is 202 Å². The fourth-order valence-corrected chi connectivity index (χ4v) is 5.40. The van der Waals surface area contributed by atoms with Crippen molar-refractivity contribution in [3.05, 3.63) is 60.8 Å². The number of benzene rings is 2. The van der Waals surface area contributed by atoms with Gasteiger partial charge in [0.05, 0.1) is 6.20 Å². The summed E-state index contributed by atoms with van der Waals surface area (Å²) in [4.78, 5) is 19.3. The number of hydrogen-bond acceptors (Lipinski definition) is 7. The van der Waals surface area contributed by atoms with Crippen LogP contribution in [-0.2, 0) is 10.8 Å². The van der Waals surface area contributed by atoms with Crippen molar-refractivity contribution in [1.82, 2.24) is 24.4 Å². The number of anilines is 3. The van der Waals surface area contributed by atoms with Crippen molar-refractivity contribution < 1.29 is 4.21 Å². The maximum atomic E-state index is 13.3. The second-order valence-electron chi connectivity index (χ2n) is 8.80. The molecule has 9 heteroatoms. The van der Waals surface area contributed by atoms with Crippen LogP contribution in [0, 0.1) is 0 Å². The Hall–Kier alpha value is -3.30. The van der Waals surface area contributed by atoms with Gasteiger partial charge >= 0.3 is 0 Å². The Morgan fingerprint density at radius 3 is 2.32 bits per heavy atom. The molecule has 2 aromatic heterocycles. The highest BCUT2D eigenvalue weighted by molar-refractivity contribution is 7.85. The monoisotopic (exact) mass is 475 g/mol. The van der Waals surface area contributed by atoms with Crippen LogP contribution < -0.4 is 10.2 Å². The van der Waals surface area contributed by atoms with Crippen LogP contribution in [-0.4, -0.2) is 61.9 Å². The smallest absolute Gasteiger partial charge is 0.229 e. The summed E-state index contributed by atoms with van der Waals surface area (Å²) < 4.78 is 15.2. The molecule has 1 unspecified atom stereocenters. The predicted octanol–water partition coefficient (Wildman–Crippen LogP) is 4.07. The van der Waals surface area contributed by atoms with Crippen molar-refractivity contribution in [1.29, 1.82) is 0 Å². The van der Waals surface area contributed by atoms with Gasteiger partial charge in [-0.15, -0.1) is 0 Å². The van der Waals surface area contributed by atoms with E-state index in [1.165, 1.54) is 5.69 Å². The molecular formula is C25H29N7OS. The second-order valence-corrected chi connectivity index (χ2v) is 10.2. The van der Waals surface area contributed by atoms with Gasteiger partial charge in [0.15, 0.2) is 5.65 Å². The van der Waals surface area contributed by atoms with E-state index in [9.17, 15) is 4.21 Å². The van der Waals surface area contributed by atoms with Gasteiger partial charge in [-0.25, -0.2) is 14.2 Å². The third-order valence-corrected chi connectivity index (χ3v) is 7.35. The van der Waals surface area contributed by atoms with Gasteiger partial charge in [0.25, 0.3) is 0 Å². The summed E-state index contributed by atoms with van der Waals surface area (Å²) in [6.07, 6.45) is 1.69. The van der Waals surface area contributed by atoms with Crippen LogP contribution in [0.25, 0.3) is 11.2 Å². The molecule has 3 heterocycles. The standard InChI is InChI=1S/C25H29N7OS/c1-18(2)32-23-22(28-25(32)34(33)21-7-5-4-6-8-21)17-26-24(29-23)27-19-9-11-20(12-10-19)31-15-13-30(3)14-16-31/h4-12,17-18H,13-16H2,1-3H3,(H,26,27,29). The molecule has 176 valence electrons. The minimum atomic E-state index is -1.41. The average molecular weight is 476 g/mol. The Kier molecular flexibility index (Phi) is 6.30. The second kappa shape index (κ2) is 9.52. The van der Waals surface area contributed by atoms with Crippen molar-refractivity contribution in [3.8, 4) is 0 Å². The molecule has 0 radical (unpaired) electrons. The molecule has 1 aliphatic rings. The van der Waals surface area contributed by atoms with Gasteiger partial charge in [-0.05, 0) is 57.3 Å². The molecule has 4 aromatic rings. The number of nitrogens with one attached hydrogen (secondary N) is 1. The summed E-state index contributed by atoms with van der Waals surface area (Å²) in [5.41, 5.74) is 3.44. The number of fused-ring (bicyclic) bond motifs is 1. The zero-order valence-corrected chi connectivity index (χ0v) is 20.5. The molecule has 1 fully saturated rings. The van der Waals surface area contributed by atoms with E-state index in [1.54, 1.807) is 6.20 Å². The lowest BCUT2D eigenvalue weighted by molar-refractivity contribution is 0.313. The van der Waals surface area contributed by atoms with Crippen LogP contribution in [0.1, 0.15) is 19.9 Å². The highest BCUT2D eigenvalue weighted by Crippen LogP contribution is 2.26. The van der Waals surface area contributed by atoms with Crippen LogP contribution >= 0.6 is 0 Å². The summed E-state index contributed by atoms with van der Waals surface area (Å²) in [5.74, 6) is 0.485. The van der Waals surface area contributed by atoms with Crippen molar-refractivity contribution in [3.63, 3.8) is 0 Å². The van der Waals surface area contributed by atoms with Crippen LogP contribution in [0.3, 0.4) is 0 Å². The molecule has 8 nitrogen and oxygen atoms in total. The van der Waals surface area contributed by atoms with E-state index in [4.69, 9.17) is 4.98 Å². The molecule has 34 heavy (non-hydrogen) atoms. The van der Waals surface area contributed by atoms with E-state index >= 15 is 0 Å². The molecule has 2 aromatic carbocycles. The highest BCUT2D eigenvalue weighted by Gasteiger charge is 2.21. The third-order valence-electron chi connectivity index (χ3n) is 6.03. The first-order chi connectivity index (χ1) is 16.5. The maximum absolute atomic E-state index is 13.3. The van der Waals surface area contributed by atoms with Crippen LogP contribution in [0.15, 0.2) is 70.8 Å². The largest absolute Gasteiger partial charge is 0.369 e. The maximum Gasteiger partial charge on any atom is 0.229 e. The first-order valence-corrected chi connectivity index (χ1v) is 12.7. The van der Waals surface area contributed by atoms with E-state index in [0.29, 0.717) is 27.2 Å².